The molecule has 1 aromatic heterocycles. The van der Waals surface area contributed by atoms with Gasteiger partial charge < -0.3 is 0 Å². The Hall–Kier alpha value is -2.67. The lowest BCUT2D eigenvalue weighted by molar-refractivity contribution is -0.387. The van der Waals surface area contributed by atoms with Gasteiger partial charge in [0.2, 0.25) is 0 Å². The molecule has 1 heterocycles. The summed E-state index contributed by atoms with van der Waals surface area (Å²) in [7, 11) is 2.56. The van der Waals surface area contributed by atoms with Crippen molar-refractivity contribution in [2.45, 2.75) is 0 Å². The van der Waals surface area contributed by atoms with Crippen LogP contribution in [0.1, 0.15) is 11.3 Å². The van der Waals surface area contributed by atoms with Crippen molar-refractivity contribution in [3.63, 3.8) is 0 Å². The Morgan fingerprint density at radius 2 is 1.77 bits per heavy atom. The predicted molar refractivity (Wildman–Crippen MR) is 84.0 cm³/mol. The van der Waals surface area contributed by atoms with Crippen molar-refractivity contribution in [2.75, 3.05) is 0 Å². The van der Waals surface area contributed by atoms with Crippen LogP contribution in [-0.2, 0) is 14.1 Å². The second kappa shape index (κ2) is 5.98. The monoisotopic (exact) mass is 321 g/mol. The van der Waals surface area contributed by atoms with E-state index >= 15 is 0 Å². The fourth-order valence-electron chi connectivity index (χ4n) is 1.98. The Balaban J connectivity index is 2.71. The Labute approximate surface area is 129 Å². The van der Waals surface area contributed by atoms with E-state index in [9.17, 15) is 19.7 Å². The van der Waals surface area contributed by atoms with Gasteiger partial charge in [0.25, 0.3) is 0 Å². The van der Waals surface area contributed by atoms with Gasteiger partial charge >= 0.3 is 16.9 Å². The molecule has 0 spiro atoms. The molecule has 0 fully saturated rings. The molecule has 0 aliphatic rings. The van der Waals surface area contributed by atoms with E-state index in [4.69, 9.17) is 11.6 Å². The maximum Gasteiger partial charge on any atom is 0.357 e. The van der Waals surface area contributed by atoms with Crippen LogP contribution < -0.4 is 11.2 Å². The minimum atomic E-state index is -0.952. The lowest BCUT2D eigenvalue weighted by Crippen LogP contribution is -2.39. The van der Waals surface area contributed by atoms with Crippen LogP contribution in [0.5, 0.6) is 0 Å². The smallest absolute Gasteiger partial charge is 0.291 e. The highest BCUT2D eigenvalue weighted by molar-refractivity contribution is 6.32. The molecule has 2 rings (SSSR count). The second-order valence-corrected chi connectivity index (χ2v) is 4.96. The molecule has 2 aromatic rings. The molecule has 22 heavy (non-hydrogen) atoms. The van der Waals surface area contributed by atoms with Crippen LogP contribution >= 0.6 is 11.6 Å². The topological polar surface area (TPSA) is 87.1 Å². The van der Waals surface area contributed by atoms with Crippen molar-refractivity contribution < 1.29 is 4.92 Å². The number of hydrogen-bond acceptors (Lipinski definition) is 4. The van der Waals surface area contributed by atoms with Crippen molar-refractivity contribution >= 4 is 29.4 Å². The number of nitrogens with zero attached hydrogens (tertiary/aromatic N) is 3. The number of hydrogen-bond donors (Lipinski definition) is 0. The third-order valence-electron chi connectivity index (χ3n) is 3.19. The summed E-state index contributed by atoms with van der Waals surface area (Å²) >= 11 is 6.00. The first kappa shape index (κ1) is 15.7. The Bertz CT molecular complexity index is 896. The van der Waals surface area contributed by atoms with E-state index in [-0.39, 0.29) is 5.69 Å². The zero-order valence-corrected chi connectivity index (χ0v) is 12.6. The molecule has 0 unspecified atom stereocenters. The van der Waals surface area contributed by atoms with Crippen LogP contribution in [0, 0.1) is 10.1 Å². The van der Waals surface area contributed by atoms with Crippen LogP contribution in [0.3, 0.4) is 0 Å². The molecule has 0 amide bonds. The molecule has 8 heteroatoms. The Morgan fingerprint density at radius 1 is 1.14 bits per heavy atom. The Kier molecular flexibility index (Phi) is 4.27. The summed E-state index contributed by atoms with van der Waals surface area (Å²) < 4.78 is 1.75. The first-order chi connectivity index (χ1) is 10.3. The average Bonchev–Trinajstić information content (AvgIpc) is 2.48. The molecule has 7 nitrogen and oxygen atoms in total. The molecular formula is C14H12ClN3O4. The maximum absolute atomic E-state index is 11.9. The largest absolute Gasteiger partial charge is 0.357 e. The highest BCUT2D eigenvalue weighted by atomic mass is 35.5. The van der Waals surface area contributed by atoms with Gasteiger partial charge in [0.05, 0.1) is 4.92 Å². The molecule has 0 bridgehead atoms. The molecule has 0 saturated carbocycles. The molecule has 0 N–H and O–H groups in total. The van der Waals surface area contributed by atoms with E-state index in [1.54, 1.807) is 24.3 Å². The molecule has 0 aliphatic carbocycles. The van der Waals surface area contributed by atoms with Gasteiger partial charge in [-0.15, -0.1) is 0 Å². The summed E-state index contributed by atoms with van der Waals surface area (Å²) in [5.41, 5.74) is -1.72. The molecule has 0 saturated heterocycles. The summed E-state index contributed by atoms with van der Waals surface area (Å²) in [5.74, 6) is 0. The van der Waals surface area contributed by atoms with Crippen molar-refractivity contribution in [3.8, 4) is 0 Å². The van der Waals surface area contributed by atoms with Gasteiger partial charge in [0.15, 0.2) is 0 Å². The van der Waals surface area contributed by atoms with E-state index in [1.807, 2.05) is 0 Å². The standard InChI is InChI=1S/C14H12ClN3O4/c1-16-11(8-7-9-5-3-4-6-10(9)15)12(18(21)22)13(19)17(2)14(16)20/h3-8H,1-2H3/b8-7+. The van der Waals surface area contributed by atoms with Crippen LogP contribution in [0.25, 0.3) is 12.2 Å². The first-order valence-electron chi connectivity index (χ1n) is 6.21. The normalized spacial score (nSPS) is 11.0. The molecular weight excluding hydrogens is 310 g/mol. The lowest BCUT2D eigenvalue weighted by atomic mass is 10.2. The highest BCUT2D eigenvalue weighted by Gasteiger charge is 2.23. The third-order valence-corrected chi connectivity index (χ3v) is 3.54. The van der Waals surface area contributed by atoms with Gasteiger partial charge in [-0.1, -0.05) is 35.9 Å². The van der Waals surface area contributed by atoms with E-state index in [0.29, 0.717) is 15.2 Å². The molecule has 0 atom stereocenters. The van der Waals surface area contributed by atoms with E-state index in [1.165, 1.54) is 26.2 Å². The van der Waals surface area contributed by atoms with Crippen LogP contribution in [-0.4, -0.2) is 14.1 Å². The van der Waals surface area contributed by atoms with Gasteiger partial charge in [-0.25, -0.2) is 4.79 Å². The molecule has 0 radical (unpaired) electrons. The molecule has 114 valence electrons. The fourth-order valence-corrected chi connectivity index (χ4v) is 2.18. The van der Waals surface area contributed by atoms with Gasteiger partial charge in [0, 0.05) is 19.1 Å². The van der Waals surface area contributed by atoms with E-state index in [0.717, 1.165) is 4.57 Å². The third kappa shape index (κ3) is 2.71. The number of nitro groups is 1. The SMILES string of the molecule is Cn1c(/C=C/c2ccccc2Cl)c([N+](=O)[O-])c(=O)n(C)c1=O. The summed E-state index contributed by atoms with van der Waals surface area (Å²) in [6, 6.07) is 6.88. The van der Waals surface area contributed by atoms with Gasteiger partial charge in [-0.05, 0) is 17.7 Å². The van der Waals surface area contributed by atoms with Gasteiger partial charge in [0.1, 0.15) is 5.69 Å². The molecule has 1 aromatic carbocycles. The zero-order chi connectivity index (χ0) is 16.4. The molecule has 0 aliphatic heterocycles. The minimum Gasteiger partial charge on any atom is -0.291 e. The summed E-state index contributed by atoms with van der Waals surface area (Å²) in [4.78, 5) is 34.2. The predicted octanol–water partition coefficient (Wildman–Crippen LogP) is 1.82. The second-order valence-electron chi connectivity index (χ2n) is 4.55. The van der Waals surface area contributed by atoms with E-state index in [2.05, 4.69) is 0 Å². The zero-order valence-electron chi connectivity index (χ0n) is 11.8. The van der Waals surface area contributed by atoms with E-state index < -0.39 is 21.9 Å². The van der Waals surface area contributed by atoms with Crippen LogP contribution in [0.2, 0.25) is 5.02 Å². The quantitative estimate of drug-likeness (QED) is 0.637. The van der Waals surface area contributed by atoms with Gasteiger partial charge in [-0.2, -0.15) is 0 Å². The summed E-state index contributed by atoms with van der Waals surface area (Å²) in [5, 5.41) is 11.6. The number of halogens is 1. The van der Waals surface area contributed by atoms with Gasteiger partial charge in [-0.3, -0.25) is 24.0 Å². The number of aromatic nitrogens is 2. The average molecular weight is 322 g/mol. The van der Waals surface area contributed by atoms with Crippen LogP contribution in [0.4, 0.5) is 5.69 Å². The minimum absolute atomic E-state index is 0.0852. The van der Waals surface area contributed by atoms with Crippen molar-refractivity contribution in [2.24, 2.45) is 14.1 Å². The lowest BCUT2D eigenvalue weighted by Gasteiger charge is -2.07. The number of benzene rings is 1. The van der Waals surface area contributed by atoms with Crippen molar-refractivity contribution in [1.82, 2.24) is 9.13 Å². The van der Waals surface area contributed by atoms with Crippen molar-refractivity contribution in [1.29, 1.82) is 0 Å². The Morgan fingerprint density at radius 3 is 2.36 bits per heavy atom. The van der Waals surface area contributed by atoms with Crippen LogP contribution in [0.15, 0.2) is 33.9 Å². The summed E-state index contributed by atoms with van der Waals surface area (Å²) in [6.07, 6.45) is 2.85. The first-order valence-corrected chi connectivity index (χ1v) is 6.59. The fraction of sp³-hybridized carbons (Fsp3) is 0.143. The highest BCUT2D eigenvalue weighted by Crippen LogP contribution is 2.19. The summed E-state index contributed by atoms with van der Waals surface area (Å²) in [6.45, 7) is 0. The van der Waals surface area contributed by atoms with Crippen molar-refractivity contribution in [3.05, 3.63) is 71.5 Å². The maximum atomic E-state index is 11.9. The number of rotatable bonds is 3.